The van der Waals surface area contributed by atoms with E-state index in [1.165, 1.54) is 6.08 Å². The summed E-state index contributed by atoms with van der Waals surface area (Å²) in [6.07, 6.45) is 1.41. The molecule has 2 amide bonds. The Hall–Kier alpha value is -2.64. The molecule has 0 aliphatic heterocycles. The first-order chi connectivity index (χ1) is 12.3. The first kappa shape index (κ1) is 19.7. The first-order valence-corrected chi connectivity index (χ1v) is 8.54. The summed E-state index contributed by atoms with van der Waals surface area (Å²) in [7, 11) is 0. The second kappa shape index (κ2) is 9.17. The van der Waals surface area contributed by atoms with Crippen molar-refractivity contribution in [2.75, 3.05) is 6.54 Å². The Balaban J connectivity index is 2.25. The van der Waals surface area contributed by atoms with Crippen LogP contribution in [0.5, 0.6) is 0 Å². The maximum absolute atomic E-state index is 12.4. The zero-order valence-electron chi connectivity index (χ0n) is 13.3. The highest BCUT2D eigenvalue weighted by Gasteiger charge is 2.14. The summed E-state index contributed by atoms with van der Waals surface area (Å²) in [6.45, 7) is -0.676. The van der Waals surface area contributed by atoms with Crippen LogP contribution in [-0.2, 0) is 9.59 Å². The fourth-order valence-electron chi connectivity index (χ4n) is 1.93. The monoisotopic (exact) mass is 435 g/mol. The number of carboxylic acids is 1. The SMILES string of the molecule is O=C([O-])CNC(=O)/C(=C/c1ccc(Cl)cc1)NC(=O)c1ccc(Br)cc1. The molecule has 2 rings (SSSR count). The summed E-state index contributed by atoms with van der Waals surface area (Å²) in [5.74, 6) is -2.71. The molecule has 26 heavy (non-hydrogen) atoms. The van der Waals surface area contributed by atoms with Crippen LogP contribution in [0.15, 0.2) is 58.7 Å². The lowest BCUT2D eigenvalue weighted by molar-refractivity contribution is -0.303. The van der Waals surface area contributed by atoms with E-state index in [9.17, 15) is 19.5 Å². The van der Waals surface area contributed by atoms with E-state index < -0.39 is 24.3 Å². The molecule has 0 heterocycles. The van der Waals surface area contributed by atoms with E-state index in [1.54, 1.807) is 48.5 Å². The average molecular weight is 437 g/mol. The van der Waals surface area contributed by atoms with Crippen molar-refractivity contribution in [2.24, 2.45) is 0 Å². The Morgan fingerprint density at radius 1 is 1.04 bits per heavy atom. The molecular formula is C18H13BrClN2O4-. The summed E-state index contributed by atoms with van der Waals surface area (Å²) in [5, 5.41) is 15.7. The molecule has 0 saturated carbocycles. The van der Waals surface area contributed by atoms with Crippen molar-refractivity contribution >= 4 is 51.4 Å². The van der Waals surface area contributed by atoms with Crippen LogP contribution in [0.1, 0.15) is 15.9 Å². The lowest BCUT2D eigenvalue weighted by Crippen LogP contribution is -2.41. The van der Waals surface area contributed by atoms with Gasteiger partial charge in [0.1, 0.15) is 5.70 Å². The molecule has 0 aromatic heterocycles. The van der Waals surface area contributed by atoms with Gasteiger partial charge in [0.05, 0.1) is 12.5 Å². The summed E-state index contributed by atoms with van der Waals surface area (Å²) in [4.78, 5) is 35.1. The van der Waals surface area contributed by atoms with Crippen LogP contribution in [0, 0.1) is 0 Å². The second-order valence-corrected chi connectivity index (χ2v) is 6.48. The number of hydrogen-bond donors (Lipinski definition) is 2. The quantitative estimate of drug-likeness (QED) is 0.674. The highest BCUT2D eigenvalue weighted by atomic mass is 79.9. The van der Waals surface area contributed by atoms with Gasteiger partial charge in [-0.15, -0.1) is 0 Å². The minimum Gasteiger partial charge on any atom is -0.548 e. The Labute approximate surface area is 163 Å². The standard InChI is InChI=1S/C18H14BrClN2O4/c19-13-5-3-12(4-6-13)17(25)22-15(18(26)21-10-16(23)24)9-11-1-7-14(20)8-2-11/h1-9H,10H2,(H,21,26)(H,22,25)(H,23,24)/p-1/b15-9-. The van der Waals surface area contributed by atoms with Gasteiger partial charge in [-0.25, -0.2) is 0 Å². The van der Waals surface area contributed by atoms with Gasteiger partial charge in [-0.1, -0.05) is 39.7 Å². The predicted molar refractivity (Wildman–Crippen MR) is 99.1 cm³/mol. The third kappa shape index (κ3) is 6.02. The van der Waals surface area contributed by atoms with Crippen molar-refractivity contribution in [3.05, 3.63) is 74.9 Å². The van der Waals surface area contributed by atoms with E-state index in [0.29, 0.717) is 16.1 Å². The fourth-order valence-corrected chi connectivity index (χ4v) is 2.32. The highest BCUT2D eigenvalue weighted by Crippen LogP contribution is 2.13. The van der Waals surface area contributed by atoms with Gasteiger partial charge in [-0.2, -0.15) is 0 Å². The number of hydrogen-bond acceptors (Lipinski definition) is 4. The van der Waals surface area contributed by atoms with Crippen LogP contribution >= 0.6 is 27.5 Å². The lowest BCUT2D eigenvalue weighted by atomic mass is 10.1. The number of halogens is 2. The van der Waals surface area contributed by atoms with Gasteiger partial charge in [0.2, 0.25) is 0 Å². The van der Waals surface area contributed by atoms with Gasteiger partial charge in [0.25, 0.3) is 11.8 Å². The molecule has 6 nitrogen and oxygen atoms in total. The number of carbonyl (C=O) groups excluding carboxylic acids is 3. The topological polar surface area (TPSA) is 98.3 Å². The minimum absolute atomic E-state index is 0.110. The number of benzene rings is 2. The average Bonchev–Trinajstić information content (AvgIpc) is 2.61. The zero-order valence-corrected chi connectivity index (χ0v) is 15.6. The summed E-state index contributed by atoms with van der Waals surface area (Å²) >= 11 is 9.10. The molecule has 8 heteroatoms. The third-order valence-electron chi connectivity index (χ3n) is 3.17. The van der Waals surface area contributed by atoms with Crippen LogP contribution in [0.25, 0.3) is 6.08 Å². The van der Waals surface area contributed by atoms with Crippen molar-refractivity contribution in [3.63, 3.8) is 0 Å². The number of amides is 2. The normalized spacial score (nSPS) is 10.9. The predicted octanol–water partition coefficient (Wildman–Crippen LogP) is 1.74. The Kier molecular flexibility index (Phi) is 6.94. The van der Waals surface area contributed by atoms with Gasteiger partial charge in [0, 0.05) is 15.1 Å². The van der Waals surface area contributed by atoms with E-state index in [4.69, 9.17) is 11.6 Å². The van der Waals surface area contributed by atoms with E-state index in [2.05, 4.69) is 26.6 Å². The number of rotatable bonds is 6. The van der Waals surface area contributed by atoms with Crippen molar-refractivity contribution in [3.8, 4) is 0 Å². The molecule has 134 valence electrons. The molecule has 0 unspecified atom stereocenters. The maximum Gasteiger partial charge on any atom is 0.268 e. The number of nitrogens with one attached hydrogen (secondary N) is 2. The van der Waals surface area contributed by atoms with Crippen LogP contribution < -0.4 is 15.7 Å². The Morgan fingerprint density at radius 2 is 1.65 bits per heavy atom. The van der Waals surface area contributed by atoms with Crippen LogP contribution in [0.2, 0.25) is 5.02 Å². The van der Waals surface area contributed by atoms with Crippen LogP contribution in [0.3, 0.4) is 0 Å². The maximum atomic E-state index is 12.4. The highest BCUT2D eigenvalue weighted by molar-refractivity contribution is 9.10. The van der Waals surface area contributed by atoms with Gasteiger partial charge >= 0.3 is 0 Å². The minimum atomic E-state index is -1.44. The fraction of sp³-hybridized carbons (Fsp3) is 0.0556. The van der Waals surface area contributed by atoms with E-state index >= 15 is 0 Å². The van der Waals surface area contributed by atoms with E-state index in [-0.39, 0.29) is 5.70 Å². The second-order valence-electron chi connectivity index (χ2n) is 5.13. The summed E-state index contributed by atoms with van der Waals surface area (Å²) in [5.41, 5.74) is 0.827. The van der Waals surface area contributed by atoms with Crippen molar-refractivity contribution in [1.29, 1.82) is 0 Å². The Morgan fingerprint density at radius 3 is 2.23 bits per heavy atom. The van der Waals surface area contributed by atoms with Gasteiger partial charge in [0.15, 0.2) is 0 Å². The lowest BCUT2D eigenvalue weighted by Gasteiger charge is -2.11. The van der Waals surface area contributed by atoms with Crippen LogP contribution in [-0.4, -0.2) is 24.3 Å². The van der Waals surface area contributed by atoms with Crippen molar-refractivity contribution in [1.82, 2.24) is 10.6 Å². The molecule has 0 fully saturated rings. The van der Waals surface area contributed by atoms with Crippen molar-refractivity contribution in [2.45, 2.75) is 0 Å². The molecule has 0 aliphatic rings. The molecule has 2 aromatic rings. The van der Waals surface area contributed by atoms with Gasteiger partial charge in [-0.05, 0) is 48.0 Å². The molecule has 0 atom stereocenters. The first-order valence-electron chi connectivity index (χ1n) is 7.37. The van der Waals surface area contributed by atoms with Crippen molar-refractivity contribution < 1.29 is 19.5 Å². The number of carboxylic acid groups (broad SMARTS) is 1. The third-order valence-corrected chi connectivity index (χ3v) is 3.95. The van der Waals surface area contributed by atoms with E-state index in [1.807, 2.05) is 0 Å². The molecule has 0 spiro atoms. The molecule has 0 radical (unpaired) electrons. The summed E-state index contributed by atoms with van der Waals surface area (Å²) in [6, 6.07) is 13.1. The molecule has 2 N–H and O–H groups in total. The number of carbonyl (C=O) groups is 3. The molecule has 2 aromatic carbocycles. The van der Waals surface area contributed by atoms with E-state index in [0.717, 1.165) is 4.47 Å². The molecule has 0 saturated heterocycles. The zero-order chi connectivity index (χ0) is 19.1. The molecule has 0 aliphatic carbocycles. The molecule has 0 bridgehead atoms. The van der Waals surface area contributed by atoms with Crippen LogP contribution in [0.4, 0.5) is 0 Å². The smallest absolute Gasteiger partial charge is 0.268 e. The van der Waals surface area contributed by atoms with Gasteiger partial charge in [-0.3, -0.25) is 9.59 Å². The Bertz CT molecular complexity index is 848. The van der Waals surface area contributed by atoms with Gasteiger partial charge < -0.3 is 20.5 Å². The largest absolute Gasteiger partial charge is 0.548 e. The summed E-state index contributed by atoms with van der Waals surface area (Å²) < 4.78 is 0.803. The molecular weight excluding hydrogens is 424 g/mol. The number of aliphatic carboxylic acids is 1.